The van der Waals surface area contributed by atoms with E-state index in [0.29, 0.717) is 18.2 Å². The fraction of sp³-hybridized carbons (Fsp3) is 0.278. The predicted molar refractivity (Wildman–Crippen MR) is 101 cm³/mol. The molecular formula is C18H21ClN2O4S. The third kappa shape index (κ3) is 5.20. The number of amides is 1. The summed E-state index contributed by atoms with van der Waals surface area (Å²) in [6.07, 6.45) is 0. The maximum Gasteiger partial charge on any atom is 0.251 e. The first-order valence-corrected chi connectivity index (χ1v) is 10.0. The number of halogens is 1. The van der Waals surface area contributed by atoms with E-state index in [0.717, 1.165) is 5.56 Å². The van der Waals surface area contributed by atoms with Crippen molar-refractivity contribution in [1.29, 1.82) is 0 Å². The van der Waals surface area contributed by atoms with Gasteiger partial charge in [0.05, 0.1) is 6.61 Å². The lowest BCUT2D eigenvalue weighted by atomic mass is 10.2. The van der Waals surface area contributed by atoms with Gasteiger partial charge >= 0.3 is 0 Å². The molecular weight excluding hydrogens is 376 g/mol. The third-order valence-corrected chi connectivity index (χ3v) is 5.31. The molecule has 0 aliphatic carbocycles. The summed E-state index contributed by atoms with van der Waals surface area (Å²) < 4.78 is 32.6. The number of sulfonamides is 1. The van der Waals surface area contributed by atoms with Crippen molar-refractivity contribution < 1.29 is 17.9 Å². The highest BCUT2D eigenvalue weighted by Gasteiger charge is 2.21. The van der Waals surface area contributed by atoms with E-state index >= 15 is 0 Å². The first-order valence-electron chi connectivity index (χ1n) is 8.16. The lowest BCUT2D eigenvalue weighted by Gasteiger charge is -2.13. The van der Waals surface area contributed by atoms with Crippen LogP contribution in [0.5, 0.6) is 5.75 Å². The van der Waals surface area contributed by atoms with Crippen LogP contribution in [0.25, 0.3) is 0 Å². The normalized spacial score (nSPS) is 11.2. The summed E-state index contributed by atoms with van der Waals surface area (Å²) in [5.74, 6) is -0.168. The zero-order valence-corrected chi connectivity index (χ0v) is 16.2. The molecule has 2 rings (SSSR count). The number of carbonyl (C=O) groups excluding carboxylic acids is 1. The van der Waals surface area contributed by atoms with Gasteiger partial charge in [-0.25, -0.2) is 13.1 Å². The van der Waals surface area contributed by atoms with Crippen LogP contribution in [0.2, 0.25) is 5.02 Å². The van der Waals surface area contributed by atoms with Crippen LogP contribution in [0, 0.1) is 0 Å². The van der Waals surface area contributed by atoms with Crippen LogP contribution in [0.1, 0.15) is 29.8 Å². The van der Waals surface area contributed by atoms with E-state index in [-0.39, 0.29) is 28.7 Å². The van der Waals surface area contributed by atoms with Crippen LogP contribution in [-0.2, 0) is 16.6 Å². The summed E-state index contributed by atoms with van der Waals surface area (Å²) in [6, 6.07) is 11.4. The minimum atomic E-state index is -3.76. The summed E-state index contributed by atoms with van der Waals surface area (Å²) >= 11 is 5.83. The van der Waals surface area contributed by atoms with Gasteiger partial charge in [-0.15, -0.1) is 0 Å². The number of benzene rings is 2. The van der Waals surface area contributed by atoms with Crippen LogP contribution in [0.4, 0.5) is 0 Å². The maximum absolute atomic E-state index is 12.4. The van der Waals surface area contributed by atoms with Crippen molar-refractivity contribution in [3.05, 3.63) is 58.6 Å². The molecule has 0 atom stereocenters. The molecule has 26 heavy (non-hydrogen) atoms. The van der Waals surface area contributed by atoms with E-state index in [1.165, 1.54) is 18.2 Å². The summed E-state index contributed by atoms with van der Waals surface area (Å²) in [5, 5.41) is 3.37. The first-order chi connectivity index (χ1) is 12.4. The Morgan fingerprint density at radius 3 is 2.42 bits per heavy atom. The van der Waals surface area contributed by atoms with Crippen molar-refractivity contribution in [1.82, 2.24) is 10.0 Å². The van der Waals surface area contributed by atoms with Gasteiger partial charge < -0.3 is 10.1 Å². The number of hydrogen-bond donors (Lipinski definition) is 2. The predicted octanol–water partition coefficient (Wildman–Crippen LogP) is 2.97. The zero-order valence-electron chi connectivity index (χ0n) is 14.6. The quantitative estimate of drug-likeness (QED) is 0.718. The topological polar surface area (TPSA) is 84.5 Å². The van der Waals surface area contributed by atoms with Crippen LogP contribution < -0.4 is 14.8 Å². The number of hydrogen-bond acceptors (Lipinski definition) is 4. The molecule has 0 bridgehead atoms. The molecule has 0 saturated heterocycles. The van der Waals surface area contributed by atoms with Crippen molar-refractivity contribution in [3.8, 4) is 5.75 Å². The molecule has 0 aromatic heterocycles. The van der Waals surface area contributed by atoms with Gasteiger partial charge in [-0.3, -0.25) is 4.79 Å². The van der Waals surface area contributed by atoms with Crippen LogP contribution in [-0.4, -0.2) is 27.5 Å². The molecule has 0 fully saturated rings. The van der Waals surface area contributed by atoms with E-state index in [1.54, 1.807) is 26.0 Å². The minimum Gasteiger partial charge on any atom is -0.492 e. The number of nitrogens with one attached hydrogen (secondary N) is 2. The van der Waals surface area contributed by atoms with E-state index in [2.05, 4.69) is 10.0 Å². The Labute approximate surface area is 158 Å². The standard InChI is InChI=1S/C18H21ClN2O4S/c1-3-21-26(23,24)17-11-14(7-10-16(17)25-4-2)18(22)20-12-13-5-8-15(19)9-6-13/h5-11,21H,3-4,12H2,1-2H3,(H,20,22). The highest BCUT2D eigenvalue weighted by Crippen LogP contribution is 2.25. The molecule has 2 aromatic carbocycles. The van der Waals surface area contributed by atoms with Gasteiger partial charge in [0.15, 0.2) is 0 Å². The highest BCUT2D eigenvalue weighted by molar-refractivity contribution is 7.89. The summed E-state index contributed by atoms with van der Waals surface area (Å²) in [6.45, 7) is 4.30. The Bertz CT molecular complexity index is 867. The lowest BCUT2D eigenvalue weighted by Crippen LogP contribution is -2.26. The Morgan fingerprint density at radius 1 is 1.12 bits per heavy atom. The van der Waals surface area contributed by atoms with E-state index in [9.17, 15) is 13.2 Å². The zero-order chi connectivity index (χ0) is 19.2. The molecule has 0 saturated carbocycles. The average Bonchev–Trinajstić information content (AvgIpc) is 2.61. The Hall–Kier alpha value is -2.09. The second-order valence-corrected chi connectivity index (χ2v) is 7.58. The molecule has 8 heteroatoms. The van der Waals surface area contributed by atoms with Crippen molar-refractivity contribution in [2.45, 2.75) is 25.3 Å². The number of ether oxygens (including phenoxy) is 1. The molecule has 0 unspecified atom stereocenters. The van der Waals surface area contributed by atoms with Gasteiger partial charge in [0.1, 0.15) is 10.6 Å². The summed E-state index contributed by atoms with van der Waals surface area (Å²) in [7, 11) is -3.76. The Kier molecular flexibility index (Phi) is 7.02. The fourth-order valence-electron chi connectivity index (χ4n) is 2.29. The summed E-state index contributed by atoms with van der Waals surface area (Å²) in [5.41, 5.74) is 1.12. The first kappa shape index (κ1) is 20.2. The summed E-state index contributed by atoms with van der Waals surface area (Å²) in [4.78, 5) is 12.3. The maximum atomic E-state index is 12.4. The Balaban J connectivity index is 2.22. The van der Waals surface area contributed by atoms with Gasteiger partial charge in [-0.2, -0.15) is 0 Å². The van der Waals surface area contributed by atoms with Gasteiger partial charge in [-0.1, -0.05) is 30.7 Å². The number of rotatable bonds is 8. The molecule has 0 radical (unpaired) electrons. The van der Waals surface area contributed by atoms with Crippen molar-refractivity contribution in [2.75, 3.05) is 13.2 Å². The van der Waals surface area contributed by atoms with Gasteiger partial charge in [0.25, 0.3) is 5.91 Å². The smallest absolute Gasteiger partial charge is 0.251 e. The Morgan fingerprint density at radius 2 is 1.81 bits per heavy atom. The fourth-order valence-corrected chi connectivity index (χ4v) is 3.62. The second-order valence-electron chi connectivity index (χ2n) is 5.40. The van der Waals surface area contributed by atoms with E-state index < -0.39 is 10.0 Å². The van der Waals surface area contributed by atoms with Crippen LogP contribution in [0.15, 0.2) is 47.4 Å². The number of carbonyl (C=O) groups is 1. The third-order valence-electron chi connectivity index (χ3n) is 3.50. The van der Waals surface area contributed by atoms with Gasteiger partial charge in [0.2, 0.25) is 10.0 Å². The molecule has 1 amide bonds. The van der Waals surface area contributed by atoms with E-state index in [1.807, 2.05) is 12.1 Å². The van der Waals surface area contributed by atoms with Crippen molar-refractivity contribution >= 4 is 27.5 Å². The van der Waals surface area contributed by atoms with Gasteiger partial charge in [0, 0.05) is 23.7 Å². The highest BCUT2D eigenvalue weighted by atomic mass is 35.5. The van der Waals surface area contributed by atoms with Gasteiger partial charge in [-0.05, 0) is 42.8 Å². The van der Waals surface area contributed by atoms with Crippen molar-refractivity contribution in [3.63, 3.8) is 0 Å². The molecule has 0 spiro atoms. The molecule has 140 valence electrons. The molecule has 2 N–H and O–H groups in total. The molecule has 2 aromatic rings. The monoisotopic (exact) mass is 396 g/mol. The van der Waals surface area contributed by atoms with Crippen LogP contribution in [0.3, 0.4) is 0 Å². The lowest BCUT2D eigenvalue weighted by molar-refractivity contribution is 0.0950. The largest absolute Gasteiger partial charge is 0.492 e. The SMILES string of the molecule is CCNS(=O)(=O)c1cc(C(=O)NCc2ccc(Cl)cc2)ccc1OCC. The van der Waals surface area contributed by atoms with Crippen molar-refractivity contribution in [2.24, 2.45) is 0 Å². The molecule has 0 aliphatic heterocycles. The average molecular weight is 397 g/mol. The molecule has 0 heterocycles. The van der Waals surface area contributed by atoms with Crippen LogP contribution >= 0.6 is 11.6 Å². The molecule has 0 aliphatic rings. The minimum absolute atomic E-state index is 0.0552. The second kappa shape index (κ2) is 9.02. The molecule has 6 nitrogen and oxygen atoms in total. The van der Waals surface area contributed by atoms with E-state index in [4.69, 9.17) is 16.3 Å².